The molecule has 5 nitrogen and oxygen atoms in total. The van der Waals surface area contributed by atoms with Crippen molar-refractivity contribution >= 4 is 27.4 Å². The molecule has 0 aliphatic carbocycles. The van der Waals surface area contributed by atoms with Gasteiger partial charge in [-0.05, 0) is 55.0 Å². The summed E-state index contributed by atoms with van der Waals surface area (Å²) in [4.78, 5) is 11.3. The fourth-order valence-corrected chi connectivity index (χ4v) is 4.46. The van der Waals surface area contributed by atoms with Crippen LogP contribution in [0, 0.1) is 12.7 Å². The summed E-state index contributed by atoms with van der Waals surface area (Å²) < 4.78 is 19.7. The first kappa shape index (κ1) is 18.1. The van der Waals surface area contributed by atoms with E-state index in [9.17, 15) is 4.39 Å². The van der Waals surface area contributed by atoms with Crippen LogP contribution in [0.5, 0.6) is 5.75 Å². The molecule has 0 unspecified atom stereocenters. The second-order valence-corrected chi connectivity index (χ2v) is 7.69. The summed E-state index contributed by atoms with van der Waals surface area (Å²) in [6, 6.07) is 6.63. The van der Waals surface area contributed by atoms with E-state index in [1.807, 2.05) is 0 Å². The third-order valence-electron chi connectivity index (χ3n) is 4.92. The lowest BCUT2D eigenvalue weighted by molar-refractivity contribution is 0.296. The molecule has 1 fully saturated rings. The first-order chi connectivity index (χ1) is 13.2. The number of rotatable bonds is 6. The van der Waals surface area contributed by atoms with Gasteiger partial charge in [-0.15, -0.1) is 11.3 Å². The largest absolute Gasteiger partial charge is 0.492 e. The molecule has 0 saturated carbocycles. The van der Waals surface area contributed by atoms with Crippen LogP contribution in [-0.2, 0) is 0 Å². The summed E-state index contributed by atoms with van der Waals surface area (Å²) in [6.45, 7) is 5.43. The summed E-state index contributed by atoms with van der Waals surface area (Å²) in [7, 11) is 0. The molecule has 3 aromatic rings. The number of nitrogens with zero attached hydrogens (tertiary/aromatic N) is 3. The van der Waals surface area contributed by atoms with E-state index in [4.69, 9.17) is 4.74 Å². The molecular formula is C20H23FN4OS. The van der Waals surface area contributed by atoms with Crippen LogP contribution in [0.3, 0.4) is 0 Å². The quantitative estimate of drug-likeness (QED) is 0.654. The molecule has 1 aliphatic rings. The number of piperidine rings is 1. The second-order valence-electron chi connectivity index (χ2n) is 6.81. The molecular weight excluding hydrogens is 363 g/mol. The zero-order valence-electron chi connectivity index (χ0n) is 15.3. The average Bonchev–Trinajstić information content (AvgIpc) is 3.08. The van der Waals surface area contributed by atoms with Crippen LogP contribution in [0.2, 0.25) is 0 Å². The van der Waals surface area contributed by atoms with Gasteiger partial charge in [0, 0.05) is 25.7 Å². The summed E-state index contributed by atoms with van der Waals surface area (Å²) in [5.74, 6) is 1.52. The van der Waals surface area contributed by atoms with Crippen molar-refractivity contribution in [1.82, 2.24) is 15.3 Å². The van der Waals surface area contributed by atoms with Crippen molar-refractivity contribution in [2.24, 2.45) is 0 Å². The molecule has 1 N–H and O–H groups in total. The van der Waals surface area contributed by atoms with Crippen molar-refractivity contribution in [3.05, 3.63) is 47.4 Å². The Balaban J connectivity index is 1.24. The smallest absolute Gasteiger partial charge is 0.150 e. The second kappa shape index (κ2) is 8.19. The monoisotopic (exact) mass is 386 g/mol. The van der Waals surface area contributed by atoms with E-state index in [0.717, 1.165) is 43.8 Å². The van der Waals surface area contributed by atoms with Crippen LogP contribution in [0.4, 0.5) is 10.2 Å². The summed E-state index contributed by atoms with van der Waals surface area (Å²) in [5.41, 5.74) is 2.29. The number of aryl methyl sites for hydroxylation is 1. The third-order valence-corrected chi connectivity index (χ3v) is 6.01. The molecule has 0 bridgehead atoms. The van der Waals surface area contributed by atoms with Crippen LogP contribution in [-0.4, -0.2) is 42.3 Å². The van der Waals surface area contributed by atoms with Crippen LogP contribution in [0.15, 0.2) is 36.0 Å². The highest BCUT2D eigenvalue weighted by Crippen LogP contribution is 2.32. The zero-order chi connectivity index (χ0) is 18.6. The van der Waals surface area contributed by atoms with Crippen molar-refractivity contribution < 1.29 is 9.13 Å². The van der Waals surface area contributed by atoms with Crippen LogP contribution in [0.1, 0.15) is 18.4 Å². The van der Waals surface area contributed by atoms with Gasteiger partial charge >= 0.3 is 0 Å². The molecule has 27 heavy (non-hydrogen) atoms. The molecule has 142 valence electrons. The maximum atomic E-state index is 12.9. The Hall–Kier alpha value is -2.25. The molecule has 0 atom stereocenters. The molecule has 1 aliphatic heterocycles. The molecule has 2 aromatic heterocycles. The number of anilines is 1. The van der Waals surface area contributed by atoms with Crippen molar-refractivity contribution in [1.29, 1.82) is 0 Å². The highest BCUT2D eigenvalue weighted by atomic mass is 32.1. The van der Waals surface area contributed by atoms with Crippen molar-refractivity contribution in [2.75, 3.05) is 31.1 Å². The van der Waals surface area contributed by atoms with Gasteiger partial charge in [0.1, 0.15) is 30.3 Å². The maximum absolute atomic E-state index is 12.9. The van der Waals surface area contributed by atoms with Gasteiger partial charge in [0.15, 0.2) is 0 Å². The van der Waals surface area contributed by atoms with Gasteiger partial charge in [-0.2, -0.15) is 0 Å². The number of benzene rings is 1. The van der Waals surface area contributed by atoms with Crippen molar-refractivity contribution in [3.8, 4) is 5.75 Å². The predicted molar refractivity (Wildman–Crippen MR) is 107 cm³/mol. The van der Waals surface area contributed by atoms with E-state index in [0.29, 0.717) is 18.4 Å². The summed E-state index contributed by atoms with van der Waals surface area (Å²) >= 11 is 1.73. The van der Waals surface area contributed by atoms with Crippen LogP contribution in [0.25, 0.3) is 10.2 Å². The number of ether oxygens (including phenoxy) is 1. The highest BCUT2D eigenvalue weighted by molar-refractivity contribution is 7.18. The Morgan fingerprint density at radius 2 is 2.00 bits per heavy atom. The number of nitrogens with one attached hydrogen (secondary N) is 1. The lowest BCUT2D eigenvalue weighted by atomic mass is 10.1. The van der Waals surface area contributed by atoms with E-state index in [1.165, 1.54) is 22.4 Å². The number of aromatic nitrogens is 2. The first-order valence-electron chi connectivity index (χ1n) is 9.26. The number of hydrogen-bond acceptors (Lipinski definition) is 6. The van der Waals surface area contributed by atoms with Crippen LogP contribution >= 0.6 is 11.3 Å². The summed E-state index contributed by atoms with van der Waals surface area (Å²) in [6.07, 6.45) is 3.83. The van der Waals surface area contributed by atoms with Gasteiger partial charge in [0.25, 0.3) is 0 Å². The normalized spacial score (nSPS) is 15.4. The SMILES string of the molecule is Cc1csc2c(N3CCC(NCCOc4ccc(F)cc4)CC3)ncnc12. The van der Waals surface area contributed by atoms with Crippen molar-refractivity contribution in [3.63, 3.8) is 0 Å². The van der Waals surface area contributed by atoms with E-state index >= 15 is 0 Å². The van der Waals surface area contributed by atoms with E-state index in [1.54, 1.807) is 29.8 Å². The fraction of sp³-hybridized carbons (Fsp3) is 0.400. The standard InChI is InChI=1S/C20H23FN4OS/c1-14-12-27-19-18(14)23-13-24-20(19)25-9-6-16(7-10-25)22-8-11-26-17-4-2-15(21)3-5-17/h2-5,12-13,16,22H,6-11H2,1H3. The number of thiophene rings is 1. The van der Waals surface area contributed by atoms with Gasteiger partial charge in [-0.1, -0.05) is 0 Å². The lowest BCUT2D eigenvalue weighted by Crippen LogP contribution is -2.43. The minimum Gasteiger partial charge on any atom is -0.492 e. The fourth-order valence-electron chi connectivity index (χ4n) is 3.44. The van der Waals surface area contributed by atoms with E-state index < -0.39 is 0 Å². The Bertz CT molecular complexity index is 891. The van der Waals surface area contributed by atoms with Gasteiger partial charge in [0.2, 0.25) is 0 Å². The number of fused-ring (bicyclic) bond motifs is 1. The minimum absolute atomic E-state index is 0.245. The average molecular weight is 386 g/mol. The Labute approximate surface area is 162 Å². The minimum atomic E-state index is -0.245. The highest BCUT2D eigenvalue weighted by Gasteiger charge is 2.22. The molecule has 1 aromatic carbocycles. The molecule has 0 radical (unpaired) electrons. The summed E-state index contributed by atoms with van der Waals surface area (Å²) in [5, 5.41) is 5.71. The Morgan fingerprint density at radius 3 is 2.78 bits per heavy atom. The van der Waals surface area contributed by atoms with E-state index in [-0.39, 0.29) is 5.82 Å². The Morgan fingerprint density at radius 1 is 1.22 bits per heavy atom. The zero-order valence-corrected chi connectivity index (χ0v) is 16.1. The van der Waals surface area contributed by atoms with Gasteiger partial charge < -0.3 is 15.0 Å². The maximum Gasteiger partial charge on any atom is 0.150 e. The van der Waals surface area contributed by atoms with Gasteiger partial charge in [0.05, 0.1) is 10.2 Å². The van der Waals surface area contributed by atoms with E-state index in [2.05, 4.69) is 32.5 Å². The molecule has 7 heteroatoms. The molecule has 3 heterocycles. The topological polar surface area (TPSA) is 50.3 Å². The van der Waals surface area contributed by atoms with Gasteiger partial charge in [-0.3, -0.25) is 0 Å². The molecule has 0 spiro atoms. The molecule has 1 saturated heterocycles. The molecule has 0 amide bonds. The number of hydrogen-bond donors (Lipinski definition) is 1. The predicted octanol–water partition coefficient (Wildman–Crippen LogP) is 3.78. The first-order valence-corrected chi connectivity index (χ1v) is 10.1. The third kappa shape index (κ3) is 4.20. The lowest BCUT2D eigenvalue weighted by Gasteiger charge is -2.33. The number of halogens is 1. The van der Waals surface area contributed by atoms with Crippen LogP contribution < -0.4 is 15.0 Å². The molecule has 4 rings (SSSR count). The van der Waals surface area contributed by atoms with Gasteiger partial charge in [-0.25, -0.2) is 14.4 Å². The van der Waals surface area contributed by atoms with Crippen molar-refractivity contribution in [2.45, 2.75) is 25.8 Å². The Kier molecular flexibility index (Phi) is 5.50.